The lowest BCUT2D eigenvalue weighted by atomic mass is 10.1. The van der Waals surface area contributed by atoms with Gasteiger partial charge in [-0.15, -0.1) is 0 Å². The number of unbranched alkanes of at least 4 members (excludes halogenated alkanes) is 32. The molecular weight excluding hydrogens is 697 g/mol. The van der Waals surface area contributed by atoms with E-state index in [-0.39, 0.29) is 31.1 Å². The van der Waals surface area contributed by atoms with Crippen LogP contribution in [0.1, 0.15) is 271 Å². The zero-order valence-corrected chi connectivity index (χ0v) is 37.7. The molecule has 330 valence electrons. The summed E-state index contributed by atoms with van der Waals surface area (Å²) < 4.78 is 16.7. The zero-order valence-electron chi connectivity index (χ0n) is 37.7. The second-order valence-electron chi connectivity index (χ2n) is 16.7. The molecular formula is C50H94O6. The number of allylic oxidation sites excluding steroid dienone is 2. The Labute approximate surface area is 348 Å². The Morgan fingerprint density at radius 1 is 0.339 bits per heavy atom. The van der Waals surface area contributed by atoms with E-state index in [1.165, 1.54) is 173 Å². The standard InChI is InChI=1S/C50H94O6/c1-4-7-10-13-16-18-20-21-22-23-24-25-26-27-28-29-31-32-34-37-40-43-49(52)55-46-47(45-54-48(51)42-39-36-15-12-9-6-3)56-50(53)44-41-38-35-33-30-19-17-14-11-8-5-2/h23-24,47H,4-22,25-46H2,1-3H3/b24-23-. The Morgan fingerprint density at radius 2 is 0.589 bits per heavy atom. The third-order valence-electron chi connectivity index (χ3n) is 11.0. The Hall–Kier alpha value is -1.85. The lowest BCUT2D eigenvalue weighted by molar-refractivity contribution is -0.167. The number of esters is 3. The first-order chi connectivity index (χ1) is 27.5. The molecule has 0 rings (SSSR count). The summed E-state index contributed by atoms with van der Waals surface area (Å²) in [6.07, 6.45) is 49.4. The van der Waals surface area contributed by atoms with Crippen LogP contribution in [0, 0.1) is 0 Å². The molecule has 0 aliphatic carbocycles. The number of hydrogen-bond acceptors (Lipinski definition) is 6. The second kappa shape index (κ2) is 45.8. The molecule has 0 bridgehead atoms. The van der Waals surface area contributed by atoms with E-state index in [0.717, 1.165) is 57.8 Å². The molecule has 6 nitrogen and oxygen atoms in total. The molecule has 0 saturated carbocycles. The van der Waals surface area contributed by atoms with Gasteiger partial charge in [-0.3, -0.25) is 14.4 Å². The summed E-state index contributed by atoms with van der Waals surface area (Å²) in [6.45, 7) is 6.59. The van der Waals surface area contributed by atoms with Crippen LogP contribution in [0.15, 0.2) is 12.2 Å². The first-order valence-corrected chi connectivity index (χ1v) is 24.7. The zero-order chi connectivity index (χ0) is 40.8. The van der Waals surface area contributed by atoms with E-state index in [9.17, 15) is 14.4 Å². The van der Waals surface area contributed by atoms with E-state index in [4.69, 9.17) is 14.2 Å². The summed E-state index contributed by atoms with van der Waals surface area (Å²) in [7, 11) is 0. The minimum absolute atomic E-state index is 0.0673. The molecule has 0 N–H and O–H groups in total. The normalized spacial score (nSPS) is 12.0. The smallest absolute Gasteiger partial charge is 0.306 e. The highest BCUT2D eigenvalue weighted by molar-refractivity contribution is 5.71. The SMILES string of the molecule is CCCCCCCCCC/C=C\CCCCCCCCCCCC(=O)OCC(COC(=O)CCCCCCCC)OC(=O)CCCCCCCCCCCCC. The van der Waals surface area contributed by atoms with Crippen molar-refractivity contribution >= 4 is 17.9 Å². The fourth-order valence-corrected chi connectivity index (χ4v) is 7.26. The summed E-state index contributed by atoms with van der Waals surface area (Å²) in [6, 6.07) is 0. The summed E-state index contributed by atoms with van der Waals surface area (Å²) in [5.41, 5.74) is 0. The quantitative estimate of drug-likeness (QED) is 0.0264. The molecule has 0 aromatic rings. The average molecular weight is 791 g/mol. The maximum absolute atomic E-state index is 12.7. The van der Waals surface area contributed by atoms with Gasteiger partial charge in [0.25, 0.3) is 0 Å². The van der Waals surface area contributed by atoms with Crippen LogP contribution in [-0.4, -0.2) is 37.2 Å². The van der Waals surface area contributed by atoms with Gasteiger partial charge in [0, 0.05) is 19.3 Å². The lowest BCUT2D eigenvalue weighted by Gasteiger charge is -2.18. The van der Waals surface area contributed by atoms with E-state index >= 15 is 0 Å². The Kier molecular flexibility index (Phi) is 44.3. The molecule has 0 aromatic heterocycles. The maximum Gasteiger partial charge on any atom is 0.306 e. The van der Waals surface area contributed by atoms with Gasteiger partial charge in [-0.25, -0.2) is 0 Å². The molecule has 0 amide bonds. The van der Waals surface area contributed by atoms with Crippen LogP contribution in [0.4, 0.5) is 0 Å². The van der Waals surface area contributed by atoms with Gasteiger partial charge in [-0.1, -0.05) is 219 Å². The summed E-state index contributed by atoms with van der Waals surface area (Å²) in [5.74, 6) is -0.869. The number of hydrogen-bond donors (Lipinski definition) is 0. The number of carbonyl (C=O) groups excluding carboxylic acids is 3. The minimum Gasteiger partial charge on any atom is -0.462 e. The van der Waals surface area contributed by atoms with E-state index in [2.05, 4.69) is 32.9 Å². The molecule has 1 atom stereocenters. The first-order valence-electron chi connectivity index (χ1n) is 24.7. The van der Waals surface area contributed by atoms with Crippen molar-refractivity contribution in [3.8, 4) is 0 Å². The summed E-state index contributed by atoms with van der Waals surface area (Å²) in [5, 5.41) is 0. The van der Waals surface area contributed by atoms with Gasteiger partial charge >= 0.3 is 17.9 Å². The summed E-state index contributed by atoms with van der Waals surface area (Å²) >= 11 is 0. The van der Waals surface area contributed by atoms with Crippen molar-refractivity contribution in [2.45, 2.75) is 277 Å². The molecule has 0 aliphatic heterocycles. The highest BCUT2D eigenvalue weighted by Gasteiger charge is 2.19. The van der Waals surface area contributed by atoms with Crippen molar-refractivity contribution in [2.24, 2.45) is 0 Å². The molecule has 0 aromatic carbocycles. The van der Waals surface area contributed by atoms with Gasteiger partial charge in [0.2, 0.25) is 0 Å². The predicted molar refractivity (Wildman–Crippen MR) is 238 cm³/mol. The fourth-order valence-electron chi connectivity index (χ4n) is 7.26. The van der Waals surface area contributed by atoms with Crippen molar-refractivity contribution in [2.75, 3.05) is 13.2 Å². The minimum atomic E-state index is -0.761. The molecule has 0 radical (unpaired) electrons. The van der Waals surface area contributed by atoms with E-state index in [1.807, 2.05) is 0 Å². The molecule has 0 spiro atoms. The third-order valence-corrected chi connectivity index (χ3v) is 11.0. The third kappa shape index (κ3) is 43.3. The van der Waals surface area contributed by atoms with Crippen molar-refractivity contribution in [1.82, 2.24) is 0 Å². The van der Waals surface area contributed by atoms with Crippen LogP contribution in [0.2, 0.25) is 0 Å². The maximum atomic E-state index is 12.7. The molecule has 1 unspecified atom stereocenters. The molecule has 0 aliphatic rings. The number of rotatable bonds is 45. The van der Waals surface area contributed by atoms with Gasteiger partial charge in [0.15, 0.2) is 6.10 Å². The largest absolute Gasteiger partial charge is 0.462 e. The van der Waals surface area contributed by atoms with Crippen LogP contribution in [-0.2, 0) is 28.6 Å². The van der Waals surface area contributed by atoms with Crippen LogP contribution < -0.4 is 0 Å². The number of carbonyl (C=O) groups is 3. The molecule has 0 fully saturated rings. The van der Waals surface area contributed by atoms with Gasteiger partial charge in [0.05, 0.1) is 0 Å². The summed E-state index contributed by atoms with van der Waals surface area (Å²) in [4.78, 5) is 37.6. The van der Waals surface area contributed by atoms with Crippen molar-refractivity contribution in [3.63, 3.8) is 0 Å². The molecule has 6 heteroatoms. The first kappa shape index (κ1) is 54.2. The van der Waals surface area contributed by atoms with Crippen LogP contribution in [0.3, 0.4) is 0 Å². The van der Waals surface area contributed by atoms with Crippen molar-refractivity contribution < 1.29 is 28.6 Å². The van der Waals surface area contributed by atoms with Gasteiger partial charge in [-0.05, 0) is 44.9 Å². The van der Waals surface area contributed by atoms with Crippen molar-refractivity contribution in [3.05, 3.63) is 12.2 Å². The van der Waals surface area contributed by atoms with Gasteiger partial charge in [0.1, 0.15) is 13.2 Å². The lowest BCUT2D eigenvalue weighted by Crippen LogP contribution is -2.30. The molecule has 56 heavy (non-hydrogen) atoms. The predicted octanol–water partition coefficient (Wildman–Crippen LogP) is 15.8. The Morgan fingerprint density at radius 3 is 0.893 bits per heavy atom. The van der Waals surface area contributed by atoms with E-state index in [1.54, 1.807) is 0 Å². The Balaban J connectivity index is 4.11. The highest BCUT2D eigenvalue weighted by Crippen LogP contribution is 2.15. The van der Waals surface area contributed by atoms with Crippen LogP contribution in [0.5, 0.6) is 0 Å². The van der Waals surface area contributed by atoms with E-state index < -0.39 is 6.10 Å². The van der Waals surface area contributed by atoms with Crippen LogP contribution in [0.25, 0.3) is 0 Å². The molecule has 0 saturated heterocycles. The second-order valence-corrected chi connectivity index (χ2v) is 16.7. The van der Waals surface area contributed by atoms with Gasteiger partial charge < -0.3 is 14.2 Å². The van der Waals surface area contributed by atoms with E-state index in [0.29, 0.717) is 19.3 Å². The Bertz CT molecular complexity index is 870. The highest BCUT2D eigenvalue weighted by atomic mass is 16.6. The fraction of sp³-hybridized carbons (Fsp3) is 0.900. The van der Waals surface area contributed by atoms with Gasteiger partial charge in [-0.2, -0.15) is 0 Å². The van der Waals surface area contributed by atoms with Crippen LogP contribution >= 0.6 is 0 Å². The monoisotopic (exact) mass is 791 g/mol. The topological polar surface area (TPSA) is 78.9 Å². The average Bonchev–Trinajstić information content (AvgIpc) is 3.19. The van der Waals surface area contributed by atoms with Crippen molar-refractivity contribution in [1.29, 1.82) is 0 Å². The number of ether oxygens (including phenoxy) is 3. The molecule has 0 heterocycles.